The van der Waals surface area contributed by atoms with E-state index in [2.05, 4.69) is 9.71 Å². The highest BCUT2D eigenvalue weighted by atomic mass is 35.5. The lowest BCUT2D eigenvalue weighted by atomic mass is 10.3. The zero-order chi connectivity index (χ0) is 12.3. The van der Waals surface area contributed by atoms with Crippen LogP contribution in [0.15, 0.2) is 6.20 Å². The first-order valence-electron chi connectivity index (χ1n) is 4.70. The minimum Gasteiger partial charge on any atom is -0.242 e. The Kier molecular flexibility index (Phi) is 5.19. The number of alkyl halides is 1. The lowest BCUT2D eigenvalue weighted by Gasteiger charge is -2.22. The van der Waals surface area contributed by atoms with Gasteiger partial charge >= 0.3 is 0 Å². The Morgan fingerprint density at radius 3 is 2.62 bits per heavy atom. The van der Waals surface area contributed by atoms with Gasteiger partial charge in [-0.05, 0) is 20.8 Å². The van der Waals surface area contributed by atoms with Crippen LogP contribution in [0.2, 0.25) is 4.47 Å². The van der Waals surface area contributed by atoms with E-state index in [-0.39, 0.29) is 10.8 Å². The molecule has 2 atom stereocenters. The third-order valence-corrected chi connectivity index (χ3v) is 4.95. The van der Waals surface area contributed by atoms with E-state index >= 15 is 0 Å². The Morgan fingerprint density at radius 1 is 1.62 bits per heavy atom. The number of thiazole rings is 1. The van der Waals surface area contributed by atoms with E-state index in [1.807, 2.05) is 20.8 Å². The van der Waals surface area contributed by atoms with Crippen LogP contribution < -0.4 is 4.72 Å². The molecule has 0 aliphatic carbocycles. The molecule has 1 aromatic heterocycles. The topological polar surface area (TPSA) is 42.0 Å². The number of nitrogens with one attached hydrogen (secondary N) is 1. The fourth-order valence-corrected chi connectivity index (χ4v) is 3.23. The van der Waals surface area contributed by atoms with Crippen molar-refractivity contribution >= 4 is 45.5 Å². The SMILES string of the molecule is CC(C)(C)S(=O)NC(CCl)c1cnc(Cl)s1. The molecule has 1 rings (SSSR count). The van der Waals surface area contributed by atoms with Gasteiger partial charge in [0.25, 0.3) is 0 Å². The molecule has 1 heterocycles. The highest BCUT2D eigenvalue weighted by Gasteiger charge is 2.24. The number of hydrogen-bond donors (Lipinski definition) is 1. The molecule has 0 spiro atoms. The van der Waals surface area contributed by atoms with Crippen LogP contribution in [0.25, 0.3) is 0 Å². The quantitative estimate of drug-likeness (QED) is 0.868. The highest BCUT2D eigenvalue weighted by Crippen LogP contribution is 2.26. The van der Waals surface area contributed by atoms with Crippen LogP contribution in [0.5, 0.6) is 0 Å². The largest absolute Gasteiger partial charge is 0.242 e. The minimum atomic E-state index is -1.16. The Hall–Kier alpha value is 0.320. The molecule has 0 amide bonds. The Bertz CT molecular complexity index is 376. The summed E-state index contributed by atoms with van der Waals surface area (Å²) in [6.07, 6.45) is 1.66. The van der Waals surface area contributed by atoms with Crippen molar-refractivity contribution in [3.8, 4) is 0 Å². The van der Waals surface area contributed by atoms with Crippen molar-refractivity contribution in [3.05, 3.63) is 15.5 Å². The molecule has 1 N–H and O–H groups in total. The summed E-state index contributed by atoms with van der Waals surface area (Å²) in [7, 11) is -1.16. The van der Waals surface area contributed by atoms with Gasteiger partial charge in [0.05, 0.1) is 21.8 Å². The summed E-state index contributed by atoms with van der Waals surface area (Å²) in [6.45, 7) is 5.71. The molecule has 0 radical (unpaired) electrons. The first-order valence-corrected chi connectivity index (χ1v) is 7.57. The van der Waals surface area contributed by atoms with E-state index in [4.69, 9.17) is 23.2 Å². The van der Waals surface area contributed by atoms with Crippen LogP contribution in [0, 0.1) is 0 Å². The first-order chi connectivity index (χ1) is 7.34. The average molecular weight is 301 g/mol. The second kappa shape index (κ2) is 5.78. The standard InChI is InChI=1S/C9H14Cl2N2OS2/c1-9(2,3)16(14)13-6(4-10)7-5-12-8(11)15-7/h5-6,13H,4H2,1-3H3. The van der Waals surface area contributed by atoms with Gasteiger partial charge in [-0.15, -0.1) is 22.9 Å². The van der Waals surface area contributed by atoms with E-state index < -0.39 is 11.0 Å². The lowest BCUT2D eigenvalue weighted by molar-refractivity contribution is 0.619. The summed E-state index contributed by atoms with van der Waals surface area (Å²) < 4.78 is 15.0. The fraction of sp³-hybridized carbons (Fsp3) is 0.667. The van der Waals surface area contributed by atoms with E-state index in [9.17, 15) is 4.21 Å². The number of hydrogen-bond acceptors (Lipinski definition) is 3. The second-order valence-corrected chi connectivity index (χ2v) is 8.17. The van der Waals surface area contributed by atoms with Gasteiger partial charge in [-0.1, -0.05) is 11.6 Å². The van der Waals surface area contributed by atoms with Gasteiger partial charge in [0, 0.05) is 17.0 Å². The smallest absolute Gasteiger partial charge is 0.183 e. The van der Waals surface area contributed by atoms with Crippen molar-refractivity contribution in [2.45, 2.75) is 31.6 Å². The summed E-state index contributed by atoms with van der Waals surface area (Å²) >= 11 is 12.9. The van der Waals surface area contributed by atoms with Gasteiger partial charge in [-0.2, -0.15) is 0 Å². The number of nitrogens with zero attached hydrogens (tertiary/aromatic N) is 1. The number of aromatic nitrogens is 1. The predicted octanol–water partition coefficient (Wildman–Crippen LogP) is 3.13. The van der Waals surface area contributed by atoms with Crippen molar-refractivity contribution in [1.29, 1.82) is 0 Å². The van der Waals surface area contributed by atoms with Gasteiger partial charge in [-0.3, -0.25) is 0 Å². The van der Waals surface area contributed by atoms with Crippen molar-refractivity contribution in [2.75, 3.05) is 5.88 Å². The monoisotopic (exact) mass is 300 g/mol. The number of rotatable bonds is 4. The lowest BCUT2D eigenvalue weighted by Crippen LogP contribution is -2.36. The van der Waals surface area contributed by atoms with Crippen molar-refractivity contribution in [2.24, 2.45) is 0 Å². The molecule has 2 unspecified atom stereocenters. The zero-order valence-corrected chi connectivity index (χ0v) is 12.4. The third-order valence-electron chi connectivity index (χ3n) is 1.80. The number of halogens is 2. The molecule has 16 heavy (non-hydrogen) atoms. The van der Waals surface area contributed by atoms with Gasteiger partial charge in [0.2, 0.25) is 0 Å². The summed E-state index contributed by atoms with van der Waals surface area (Å²) in [5.74, 6) is 0.334. The highest BCUT2D eigenvalue weighted by molar-refractivity contribution is 7.84. The summed E-state index contributed by atoms with van der Waals surface area (Å²) in [6, 6.07) is -0.174. The molecule has 0 saturated heterocycles. The minimum absolute atomic E-state index is 0.174. The molecular weight excluding hydrogens is 287 g/mol. The van der Waals surface area contributed by atoms with Crippen molar-refractivity contribution in [1.82, 2.24) is 9.71 Å². The fourth-order valence-electron chi connectivity index (χ4n) is 0.897. The van der Waals surface area contributed by atoms with Crippen LogP contribution in [-0.2, 0) is 11.0 Å². The van der Waals surface area contributed by atoms with E-state index in [0.717, 1.165) is 4.88 Å². The van der Waals surface area contributed by atoms with Gasteiger partial charge < -0.3 is 0 Å². The maximum atomic E-state index is 11.9. The van der Waals surface area contributed by atoms with Crippen LogP contribution >= 0.6 is 34.5 Å². The molecule has 0 aliphatic heterocycles. The Balaban J connectivity index is 2.74. The average Bonchev–Trinajstić information content (AvgIpc) is 2.59. The van der Waals surface area contributed by atoms with E-state index in [1.165, 1.54) is 11.3 Å². The maximum Gasteiger partial charge on any atom is 0.183 e. The first kappa shape index (κ1) is 14.4. The predicted molar refractivity (Wildman–Crippen MR) is 71.6 cm³/mol. The van der Waals surface area contributed by atoms with Crippen LogP contribution in [0.4, 0.5) is 0 Å². The molecule has 7 heteroatoms. The second-order valence-electron chi connectivity index (χ2n) is 4.22. The van der Waals surface area contributed by atoms with E-state index in [0.29, 0.717) is 10.3 Å². The molecule has 3 nitrogen and oxygen atoms in total. The van der Waals surface area contributed by atoms with Gasteiger partial charge in [0.15, 0.2) is 4.47 Å². The molecule has 0 fully saturated rings. The Labute approximate surface area is 112 Å². The summed E-state index contributed by atoms with van der Waals surface area (Å²) in [5.41, 5.74) is 0. The van der Waals surface area contributed by atoms with Gasteiger partial charge in [0.1, 0.15) is 0 Å². The Morgan fingerprint density at radius 2 is 2.25 bits per heavy atom. The molecule has 0 aliphatic rings. The molecule has 1 aromatic rings. The molecule has 0 aromatic carbocycles. The van der Waals surface area contributed by atoms with Crippen molar-refractivity contribution in [3.63, 3.8) is 0 Å². The molecule has 0 saturated carbocycles. The normalized spacial score (nSPS) is 16.1. The van der Waals surface area contributed by atoms with Crippen LogP contribution in [0.3, 0.4) is 0 Å². The third kappa shape index (κ3) is 3.96. The molecule has 0 bridgehead atoms. The molecule has 92 valence electrons. The van der Waals surface area contributed by atoms with Gasteiger partial charge in [-0.25, -0.2) is 13.9 Å². The zero-order valence-electron chi connectivity index (χ0n) is 9.29. The van der Waals surface area contributed by atoms with Crippen LogP contribution in [0.1, 0.15) is 31.7 Å². The van der Waals surface area contributed by atoms with E-state index in [1.54, 1.807) is 6.20 Å². The summed E-state index contributed by atoms with van der Waals surface area (Å²) in [4.78, 5) is 4.84. The van der Waals surface area contributed by atoms with Crippen molar-refractivity contribution < 1.29 is 4.21 Å². The summed E-state index contributed by atoms with van der Waals surface area (Å²) in [5, 5.41) is 0. The van der Waals surface area contributed by atoms with Crippen LogP contribution in [-0.4, -0.2) is 19.8 Å². The molecular formula is C9H14Cl2N2OS2. The maximum absolute atomic E-state index is 11.9.